The van der Waals surface area contributed by atoms with Crippen LogP contribution in [0.5, 0.6) is 11.5 Å². The van der Waals surface area contributed by atoms with E-state index in [1.165, 1.54) is 31.4 Å². The summed E-state index contributed by atoms with van der Waals surface area (Å²) in [5.41, 5.74) is 0.630. The van der Waals surface area contributed by atoms with Crippen molar-refractivity contribution in [3.63, 3.8) is 0 Å². The standard InChI is InChI=1S/C25H20F3N5O3/c1-25(27,28)24-32-20(14-3-5-15(26)6-4-14)21(33-24)23(35)31-16-7-9-17(10-8-16)36-18-11-12-30-19(13-18)22(34)29-2/h3-13H,1-2H3,(H,29,34)(H,31,35)(H,32,33). The number of ether oxygens (including phenoxy) is 1. The van der Waals surface area contributed by atoms with Gasteiger partial charge in [-0.15, -0.1) is 0 Å². The number of aromatic amines is 1. The van der Waals surface area contributed by atoms with Crippen LogP contribution in [0.2, 0.25) is 0 Å². The molecule has 4 aromatic rings. The van der Waals surface area contributed by atoms with E-state index in [-0.39, 0.29) is 23.0 Å². The second kappa shape index (κ2) is 9.90. The van der Waals surface area contributed by atoms with Crippen LogP contribution in [-0.4, -0.2) is 33.8 Å². The monoisotopic (exact) mass is 495 g/mol. The molecule has 0 radical (unpaired) electrons. The number of nitrogens with one attached hydrogen (secondary N) is 3. The molecule has 4 rings (SSSR count). The van der Waals surface area contributed by atoms with Gasteiger partial charge in [0.2, 0.25) is 0 Å². The number of imidazole rings is 1. The van der Waals surface area contributed by atoms with Crippen LogP contribution in [0, 0.1) is 5.82 Å². The molecule has 0 atom stereocenters. The van der Waals surface area contributed by atoms with Crippen molar-refractivity contribution in [2.24, 2.45) is 0 Å². The summed E-state index contributed by atoms with van der Waals surface area (Å²) in [5.74, 6) is -4.82. The number of rotatable bonds is 7. The molecule has 0 unspecified atom stereocenters. The number of benzene rings is 2. The Labute approximate surface area is 203 Å². The fourth-order valence-corrected chi connectivity index (χ4v) is 3.23. The number of carbonyl (C=O) groups is 2. The van der Waals surface area contributed by atoms with Gasteiger partial charge in [-0.1, -0.05) is 0 Å². The molecule has 0 fully saturated rings. The normalized spacial score (nSPS) is 11.1. The summed E-state index contributed by atoms with van der Waals surface area (Å²) in [6.07, 6.45) is 1.44. The van der Waals surface area contributed by atoms with E-state index in [1.807, 2.05) is 0 Å². The van der Waals surface area contributed by atoms with Crippen molar-refractivity contribution in [2.45, 2.75) is 12.8 Å². The highest BCUT2D eigenvalue weighted by Crippen LogP contribution is 2.30. The van der Waals surface area contributed by atoms with E-state index in [0.29, 0.717) is 29.7 Å². The number of amides is 2. The van der Waals surface area contributed by atoms with Gasteiger partial charge in [-0.3, -0.25) is 14.6 Å². The number of alkyl halides is 2. The third-order valence-corrected chi connectivity index (χ3v) is 5.01. The lowest BCUT2D eigenvalue weighted by molar-refractivity contribution is 0.00858. The molecule has 8 nitrogen and oxygen atoms in total. The molecule has 0 saturated heterocycles. The first-order valence-corrected chi connectivity index (χ1v) is 10.7. The van der Waals surface area contributed by atoms with Crippen LogP contribution in [0.4, 0.5) is 18.9 Å². The summed E-state index contributed by atoms with van der Waals surface area (Å²) in [5, 5.41) is 5.08. The number of carbonyl (C=O) groups excluding carboxylic acids is 2. The number of halogens is 3. The number of anilines is 1. The fourth-order valence-electron chi connectivity index (χ4n) is 3.23. The number of H-pyrrole nitrogens is 1. The number of aromatic nitrogens is 3. The van der Waals surface area contributed by atoms with E-state index in [2.05, 4.69) is 25.6 Å². The van der Waals surface area contributed by atoms with Crippen molar-refractivity contribution in [1.29, 1.82) is 0 Å². The Morgan fingerprint density at radius 2 is 1.67 bits per heavy atom. The maximum atomic E-state index is 13.9. The lowest BCUT2D eigenvalue weighted by Crippen LogP contribution is -2.18. The van der Waals surface area contributed by atoms with Crippen LogP contribution in [-0.2, 0) is 5.92 Å². The van der Waals surface area contributed by atoms with Gasteiger partial charge < -0.3 is 20.4 Å². The van der Waals surface area contributed by atoms with E-state index in [1.54, 1.807) is 30.3 Å². The molecular weight excluding hydrogens is 475 g/mol. The third kappa shape index (κ3) is 5.52. The van der Waals surface area contributed by atoms with Crippen molar-refractivity contribution >= 4 is 17.5 Å². The van der Waals surface area contributed by atoms with Gasteiger partial charge in [0.15, 0.2) is 11.5 Å². The maximum Gasteiger partial charge on any atom is 0.301 e. The molecule has 0 aliphatic rings. The summed E-state index contributed by atoms with van der Waals surface area (Å²) in [6, 6.07) is 14.3. The molecular formula is C25H20F3N5O3. The van der Waals surface area contributed by atoms with Gasteiger partial charge in [0.25, 0.3) is 11.8 Å². The smallest absolute Gasteiger partial charge is 0.301 e. The zero-order valence-electron chi connectivity index (χ0n) is 19.1. The molecule has 2 heterocycles. The number of pyridine rings is 1. The zero-order valence-corrected chi connectivity index (χ0v) is 19.1. The van der Waals surface area contributed by atoms with Crippen molar-refractivity contribution in [3.05, 3.63) is 89.9 Å². The minimum atomic E-state index is -3.32. The molecule has 2 amide bonds. The molecule has 2 aromatic carbocycles. The van der Waals surface area contributed by atoms with Gasteiger partial charge in [-0.05, 0) is 54.6 Å². The Morgan fingerprint density at radius 3 is 2.31 bits per heavy atom. The van der Waals surface area contributed by atoms with Gasteiger partial charge >= 0.3 is 5.92 Å². The minimum absolute atomic E-state index is 0.0357. The second-order valence-corrected chi connectivity index (χ2v) is 7.74. The summed E-state index contributed by atoms with van der Waals surface area (Å²) >= 11 is 0. The van der Waals surface area contributed by atoms with Crippen LogP contribution >= 0.6 is 0 Å². The zero-order chi connectivity index (χ0) is 25.9. The highest BCUT2D eigenvalue weighted by Gasteiger charge is 2.32. The average Bonchev–Trinajstić information content (AvgIpc) is 3.32. The summed E-state index contributed by atoms with van der Waals surface area (Å²) in [7, 11) is 1.49. The largest absolute Gasteiger partial charge is 0.457 e. The van der Waals surface area contributed by atoms with Crippen LogP contribution in [0.25, 0.3) is 11.3 Å². The Hall–Kier alpha value is -4.67. The van der Waals surface area contributed by atoms with E-state index in [4.69, 9.17) is 4.74 Å². The van der Waals surface area contributed by atoms with Gasteiger partial charge in [-0.2, -0.15) is 8.78 Å². The topological polar surface area (TPSA) is 109 Å². The number of hydrogen-bond acceptors (Lipinski definition) is 5. The first kappa shape index (κ1) is 24.5. The summed E-state index contributed by atoms with van der Waals surface area (Å²) in [4.78, 5) is 34.9. The number of hydrogen-bond donors (Lipinski definition) is 3. The first-order valence-electron chi connectivity index (χ1n) is 10.7. The Kier molecular flexibility index (Phi) is 6.73. The van der Waals surface area contributed by atoms with E-state index in [0.717, 1.165) is 12.1 Å². The van der Waals surface area contributed by atoms with Crippen molar-refractivity contribution in [3.8, 4) is 22.8 Å². The predicted octanol–water partition coefficient (Wildman–Crippen LogP) is 5.13. The van der Waals surface area contributed by atoms with Gasteiger partial charge in [0.05, 0.1) is 5.69 Å². The van der Waals surface area contributed by atoms with Crippen molar-refractivity contribution in [1.82, 2.24) is 20.3 Å². The SMILES string of the molecule is CNC(=O)c1cc(Oc2ccc(NC(=O)c3nc(C(C)(F)F)[nH]c3-c3ccc(F)cc3)cc2)ccn1. The van der Waals surface area contributed by atoms with Crippen LogP contribution in [0.3, 0.4) is 0 Å². The molecule has 0 spiro atoms. The second-order valence-electron chi connectivity index (χ2n) is 7.74. The molecule has 2 aromatic heterocycles. The van der Waals surface area contributed by atoms with Crippen LogP contribution < -0.4 is 15.4 Å². The summed E-state index contributed by atoms with van der Waals surface area (Å²) < 4.78 is 46.9. The van der Waals surface area contributed by atoms with E-state index >= 15 is 0 Å². The third-order valence-electron chi connectivity index (χ3n) is 5.01. The van der Waals surface area contributed by atoms with Crippen LogP contribution in [0.15, 0.2) is 66.9 Å². The van der Waals surface area contributed by atoms with E-state index in [9.17, 15) is 22.8 Å². The van der Waals surface area contributed by atoms with Crippen LogP contribution in [0.1, 0.15) is 33.7 Å². The van der Waals surface area contributed by atoms with Gasteiger partial charge in [0.1, 0.15) is 23.0 Å². The molecule has 0 bridgehead atoms. The fraction of sp³-hybridized carbons (Fsp3) is 0.120. The molecule has 3 N–H and O–H groups in total. The first-order chi connectivity index (χ1) is 17.1. The summed E-state index contributed by atoms with van der Waals surface area (Å²) in [6.45, 7) is 0.654. The average molecular weight is 495 g/mol. The Bertz CT molecular complexity index is 1400. The molecule has 36 heavy (non-hydrogen) atoms. The molecule has 11 heteroatoms. The van der Waals surface area contributed by atoms with Crippen molar-refractivity contribution in [2.75, 3.05) is 12.4 Å². The maximum absolute atomic E-state index is 13.9. The number of nitrogens with zero attached hydrogens (tertiary/aromatic N) is 2. The molecule has 0 aliphatic heterocycles. The molecule has 0 saturated carbocycles. The van der Waals surface area contributed by atoms with Gasteiger partial charge in [0, 0.05) is 37.5 Å². The predicted molar refractivity (Wildman–Crippen MR) is 126 cm³/mol. The van der Waals surface area contributed by atoms with Crippen molar-refractivity contribution < 1.29 is 27.5 Å². The molecule has 184 valence electrons. The highest BCUT2D eigenvalue weighted by molar-refractivity contribution is 6.06. The highest BCUT2D eigenvalue weighted by atomic mass is 19.3. The molecule has 0 aliphatic carbocycles. The minimum Gasteiger partial charge on any atom is -0.457 e. The quantitative estimate of drug-likeness (QED) is 0.330. The Balaban J connectivity index is 1.53. The van der Waals surface area contributed by atoms with E-state index < -0.39 is 23.5 Å². The lowest BCUT2D eigenvalue weighted by atomic mass is 10.1. The lowest BCUT2D eigenvalue weighted by Gasteiger charge is -2.09. The Morgan fingerprint density at radius 1 is 0.972 bits per heavy atom. The van der Waals surface area contributed by atoms with Gasteiger partial charge in [-0.25, -0.2) is 9.37 Å².